The van der Waals surface area contributed by atoms with Gasteiger partial charge in [0.25, 0.3) is 0 Å². The lowest BCUT2D eigenvalue weighted by Crippen LogP contribution is -2.47. The summed E-state index contributed by atoms with van der Waals surface area (Å²) in [5.41, 5.74) is -0.0229. The molecule has 1 aliphatic carbocycles. The van der Waals surface area contributed by atoms with Crippen LogP contribution in [0.1, 0.15) is 74.1 Å². The molecule has 0 radical (unpaired) electrons. The maximum Gasteiger partial charge on any atom is 0.0668 e. The van der Waals surface area contributed by atoms with Gasteiger partial charge < -0.3 is 9.84 Å². The van der Waals surface area contributed by atoms with Gasteiger partial charge in [0.05, 0.1) is 17.3 Å². The summed E-state index contributed by atoms with van der Waals surface area (Å²) in [5.74, 6) is 1.57. The van der Waals surface area contributed by atoms with Crippen LogP contribution in [0.3, 0.4) is 0 Å². The highest BCUT2D eigenvalue weighted by Gasteiger charge is 2.55. The molecule has 2 heteroatoms. The van der Waals surface area contributed by atoms with Crippen LogP contribution in [0.15, 0.2) is 0 Å². The lowest BCUT2D eigenvalue weighted by molar-refractivity contribution is -0.108. The van der Waals surface area contributed by atoms with Gasteiger partial charge in [-0.2, -0.15) is 0 Å². The molecule has 0 spiro atoms. The Kier molecular flexibility index (Phi) is 4.06. The van der Waals surface area contributed by atoms with Crippen LogP contribution in [0.2, 0.25) is 0 Å². The predicted molar refractivity (Wildman–Crippen MR) is 83.6 cm³/mol. The second kappa shape index (κ2) is 4.98. The molecule has 2 nitrogen and oxygen atoms in total. The second-order valence-electron chi connectivity index (χ2n) is 9.14. The Hall–Kier alpha value is -0.0800. The molecule has 4 unspecified atom stereocenters. The van der Waals surface area contributed by atoms with Crippen molar-refractivity contribution in [3.63, 3.8) is 0 Å². The van der Waals surface area contributed by atoms with Crippen molar-refractivity contribution < 1.29 is 9.84 Å². The average molecular weight is 282 g/mol. The SMILES string of the molecule is CC1CCC(C(C)(C)C2CC(C)(C)OC2(C)C)C(O)C1. The Labute approximate surface area is 125 Å². The molecule has 118 valence electrons. The first-order valence-electron chi connectivity index (χ1n) is 8.34. The summed E-state index contributed by atoms with van der Waals surface area (Å²) >= 11 is 0. The largest absolute Gasteiger partial charge is 0.393 e. The number of ether oxygens (including phenoxy) is 1. The van der Waals surface area contributed by atoms with E-state index in [0.29, 0.717) is 17.8 Å². The summed E-state index contributed by atoms with van der Waals surface area (Å²) in [6.07, 6.45) is 4.32. The third kappa shape index (κ3) is 2.92. The lowest BCUT2D eigenvalue weighted by atomic mass is 9.58. The summed E-state index contributed by atoms with van der Waals surface area (Å²) in [5, 5.41) is 10.6. The minimum absolute atomic E-state index is 0.0433. The van der Waals surface area contributed by atoms with E-state index in [0.717, 1.165) is 19.3 Å². The molecule has 1 N–H and O–H groups in total. The van der Waals surface area contributed by atoms with Crippen molar-refractivity contribution in [2.75, 3.05) is 0 Å². The van der Waals surface area contributed by atoms with Crippen molar-refractivity contribution in [3.05, 3.63) is 0 Å². The van der Waals surface area contributed by atoms with E-state index in [9.17, 15) is 5.11 Å². The van der Waals surface area contributed by atoms with Crippen LogP contribution in [0.25, 0.3) is 0 Å². The number of aliphatic hydroxyl groups excluding tert-OH is 1. The van der Waals surface area contributed by atoms with Gasteiger partial charge in [0.15, 0.2) is 0 Å². The molecule has 4 atom stereocenters. The van der Waals surface area contributed by atoms with Gasteiger partial charge in [0.1, 0.15) is 0 Å². The minimum atomic E-state index is -0.145. The Bertz CT molecular complexity index is 356. The van der Waals surface area contributed by atoms with Gasteiger partial charge in [-0.1, -0.05) is 27.2 Å². The smallest absolute Gasteiger partial charge is 0.0668 e. The van der Waals surface area contributed by atoms with Gasteiger partial charge in [-0.25, -0.2) is 0 Å². The van der Waals surface area contributed by atoms with Gasteiger partial charge in [0, 0.05) is 0 Å². The van der Waals surface area contributed by atoms with Gasteiger partial charge in [-0.3, -0.25) is 0 Å². The predicted octanol–water partition coefficient (Wildman–Crippen LogP) is 4.40. The Morgan fingerprint density at radius 1 is 1.10 bits per heavy atom. The molecule has 1 aliphatic heterocycles. The average Bonchev–Trinajstić information content (AvgIpc) is 2.46. The number of hydrogen-bond acceptors (Lipinski definition) is 2. The quantitative estimate of drug-likeness (QED) is 0.813. The molecule has 0 bridgehead atoms. The van der Waals surface area contributed by atoms with E-state index in [2.05, 4.69) is 48.5 Å². The zero-order chi connectivity index (χ0) is 15.3. The summed E-state index contributed by atoms with van der Waals surface area (Å²) in [6.45, 7) is 15.8. The molecule has 0 aromatic rings. The second-order valence-corrected chi connectivity index (χ2v) is 9.14. The van der Waals surface area contributed by atoms with E-state index in [1.807, 2.05) is 0 Å². The van der Waals surface area contributed by atoms with Crippen LogP contribution in [-0.2, 0) is 4.74 Å². The molecule has 2 rings (SSSR count). The maximum absolute atomic E-state index is 10.6. The zero-order valence-corrected chi connectivity index (χ0v) is 14.5. The third-order valence-corrected chi connectivity index (χ3v) is 6.01. The van der Waals surface area contributed by atoms with Crippen molar-refractivity contribution in [3.8, 4) is 0 Å². The third-order valence-electron chi connectivity index (χ3n) is 6.01. The van der Waals surface area contributed by atoms with Gasteiger partial charge in [-0.15, -0.1) is 0 Å². The molecule has 2 aliphatic rings. The Morgan fingerprint density at radius 3 is 2.15 bits per heavy atom. The van der Waals surface area contributed by atoms with E-state index in [1.54, 1.807) is 0 Å². The monoisotopic (exact) mass is 282 g/mol. The highest BCUT2D eigenvalue weighted by Crippen LogP contribution is 2.55. The lowest BCUT2D eigenvalue weighted by Gasteiger charge is -2.48. The molecule has 0 aromatic carbocycles. The fourth-order valence-corrected chi connectivity index (χ4v) is 5.20. The summed E-state index contributed by atoms with van der Waals surface area (Å²) in [4.78, 5) is 0. The maximum atomic E-state index is 10.6. The fraction of sp³-hybridized carbons (Fsp3) is 1.00. The van der Waals surface area contributed by atoms with E-state index in [-0.39, 0.29) is 22.7 Å². The zero-order valence-electron chi connectivity index (χ0n) is 14.5. The first-order chi connectivity index (χ1) is 8.96. The van der Waals surface area contributed by atoms with E-state index < -0.39 is 0 Å². The van der Waals surface area contributed by atoms with Crippen LogP contribution < -0.4 is 0 Å². The number of aliphatic hydroxyl groups is 1. The van der Waals surface area contributed by atoms with E-state index in [4.69, 9.17) is 4.74 Å². The van der Waals surface area contributed by atoms with Crippen molar-refractivity contribution >= 4 is 0 Å². The van der Waals surface area contributed by atoms with Crippen molar-refractivity contribution in [1.29, 1.82) is 0 Å². The van der Waals surface area contributed by atoms with Gasteiger partial charge in [-0.05, 0) is 70.1 Å². The molecule has 2 fully saturated rings. The molecule has 1 heterocycles. The van der Waals surface area contributed by atoms with Crippen molar-refractivity contribution in [2.45, 2.75) is 91.5 Å². The minimum Gasteiger partial charge on any atom is -0.393 e. The van der Waals surface area contributed by atoms with Gasteiger partial charge >= 0.3 is 0 Å². The highest BCUT2D eigenvalue weighted by molar-refractivity contribution is 5.04. The summed E-state index contributed by atoms with van der Waals surface area (Å²) in [7, 11) is 0. The van der Waals surface area contributed by atoms with Crippen molar-refractivity contribution in [1.82, 2.24) is 0 Å². The molecule has 20 heavy (non-hydrogen) atoms. The topological polar surface area (TPSA) is 29.5 Å². The normalized spacial score (nSPS) is 40.8. The summed E-state index contributed by atoms with van der Waals surface area (Å²) in [6, 6.07) is 0. The van der Waals surface area contributed by atoms with Crippen LogP contribution in [-0.4, -0.2) is 22.4 Å². The van der Waals surface area contributed by atoms with Crippen LogP contribution in [0, 0.1) is 23.2 Å². The molecular formula is C18H34O2. The first-order valence-corrected chi connectivity index (χ1v) is 8.34. The molecule has 1 saturated carbocycles. The van der Waals surface area contributed by atoms with Gasteiger partial charge in [0.2, 0.25) is 0 Å². The first kappa shape index (κ1) is 16.3. The number of hydrogen-bond donors (Lipinski definition) is 1. The van der Waals surface area contributed by atoms with Crippen LogP contribution in [0.5, 0.6) is 0 Å². The molecule has 0 aromatic heterocycles. The van der Waals surface area contributed by atoms with E-state index >= 15 is 0 Å². The standard InChI is InChI=1S/C18H34O2/c1-12-8-9-13(14(19)10-12)17(4,5)15-11-16(2,3)20-18(15,6)7/h12-15,19H,8-11H2,1-7H3. The molecule has 1 saturated heterocycles. The molecular weight excluding hydrogens is 248 g/mol. The van der Waals surface area contributed by atoms with Crippen molar-refractivity contribution in [2.24, 2.45) is 23.2 Å². The Morgan fingerprint density at radius 2 is 1.70 bits per heavy atom. The van der Waals surface area contributed by atoms with Crippen LogP contribution >= 0.6 is 0 Å². The summed E-state index contributed by atoms with van der Waals surface area (Å²) < 4.78 is 6.30. The number of rotatable bonds is 2. The fourth-order valence-electron chi connectivity index (χ4n) is 5.20. The van der Waals surface area contributed by atoms with Crippen LogP contribution in [0.4, 0.5) is 0 Å². The van der Waals surface area contributed by atoms with E-state index in [1.165, 1.54) is 6.42 Å². The Balaban J connectivity index is 2.21. The highest BCUT2D eigenvalue weighted by atomic mass is 16.5. The molecule has 0 amide bonds.